The minimum Gasteiger partial charge on any atom is -0.493 e. The summed E-state index contributed by atoms with van der Waals surface area (Å²) < 4.78 is 1.30. The van der Waals surface area contributed by atoms with Crippen LogP contribution in [-0.2, 0) is 18.3 Å². The molecule has 0 aliphatic heterocycles. The van der Waals surface area contributed by atoms with E-state index in [1.807, 2.05) is 12.1 Å². The van der Waals surface area contributed by atoms with Gasteiger partial charge in [-0.3, -0.25) is 4.79 Å². The third-order valence-electron chi connectivity index (χ3n) is 2.93. The lowest BCUT2D eigenvalue weighted by atomic mass is 9.96. The maximum Gasteiger partial charge on any atom is 0.226 e. The molecule has 2 aromatic rings. The molecule has 1 aromatic heterocycles. The molecule has 0 radical (unpaired) electrons. The van der Waals surface area contributed by atoms with Crippen LogP contribution >= 0.6 is 11.6 Å². The van der Waals surface area contributed by atoms with Crippen molar-refractivity contribution in [2.24, 2.45) is 12.8 Å². The Kier molecular flexibility index (Phi) is 3.76. The topological polar surface area (TPSA) is 81.1 Å². The molecule has 0 spiro atoms. The Balaban J connectivity index is 2.26. The van der Waals surface area contributed by atoms with Gasteiger partial charge in [0.25, 0.3) is 0 Å². The number of aromatic nitrogens is 2. The first-order chi connectivity index (χ1) is 8.97. The molecule has 6 heteroatoms. The smallest absolute Gasteiger partial charge is 0.226 e. The number of carbonyl (C=O) groups excluding carboxylic acids is 1. The summed E-state index contributed by atoms with van der Waals surface area (Å²) in [7, 11) is 1.60. The Bertz CT molecular complexity index is 573. The molecule has 0 saturated heterocycles. The maximum atomic E-state index is 11.6. The van der Waals surface area contributed by atoms with Crippen LogP contribution in [0, 0.1) is 0 Å². The first kappa shape index (κ1) is 13.4. The minimum absolute atomic E-state index is 0.00245. The number of amides is 1. The van der Waals surface area contributed by atoms with Crippen LogP contribution in [0.15, 0.2) is 30.3 Å². The summed E-state index contributed by atoms with van der Waals surface area (Å²) in [4.78, 5) is 11.6. The molecule has 1 aromatic carbocycles. The summed E-state index contributed by atoms with van der Waals surface area (Å²) in [5, 5.41) is 14.2. The highest BCUT2D eigenvalue weighted by Crippen LogP contribution is 2.23. The van der Waals surface area contributed by atoms with Crippen molar-refractivity contribution in [1.29, 1.82) is 0 Å². The molecule has 1 amide bonds. The van der Waals surface area contributed by atoms with E-state index in [4.69, 9.17) is 17.3 Å². The van der Waals surface area contributed by atoms with Gasteiger partial charge < -0.3 is 10.8 Å². The van der Waals surface area contributed by atoms with Gasteiger partial charge in [0, 0.05) is 18.1 Å². The fourth-order valence-electron chi connectivity index (χ4n) is 1.86. The molecule has 2 rings (SSSR count). The molecule has 0 saturated carbocycles. The van der Waals surface area contributed by atoms with Crippen LogP contribution in [0.3, 0.4) is 0 Å². The Hall–Kier alpha value is -2.01. The molecule has 0 aliphatic rings. The fraction of sp³-hybridized carbons (Fsp3) is 0.231. The molecule has 3 N–H and O–H groups in total. The second-order valence-electron chi connectivity index (χ2n) is 4.34. The molecule has 0 aliphatic carbocycles. The molecule has 19 heavy (non-hydrogen) atoms. The van der Waals surface area contributed by atoms with Gasteiger partial charge in [0.15, 0.2) is 0 Å². The zero-order valence-corrected chi connectivity index (χ0v) is 11.1. The number of primary amides is 1. The molecule has 1 unspecified atom stereocenters. The zero-order valence-electron chi connectivity index (χ0n) is 10.4. The van der Waals surface area contributed by atoms with Crippen molar-refractivity contribution >= 4 is 17.5 Å². The van der Waals surface area contributed by atoms with Crippen molar-refractivity contribution in [2.45, 2.75) is 12.3 Å². The monoisotopic (exact) mass is 279 g/mol. The molecular formula is C13H14ClN3O2. The van der Waals surface area contributed by atoms with E-state index >= 15 is 0 Å². The Morgan fingerprint density at radius 2 is 2.11 bits per heavy atom. The van der Waals surface area contributed by atoms with Gasteiger partial charge in [-0.2, -0.15) is 5.10 Å². The van der Waals surface area contributed by atoms with E-state index in [0.29, 0.717) is 17.1 Å². The van der Waals surface area contributed by atoms with Crippen molar-refractivity contribution in [2.75, 3.05) is 0 Å². The standard InChI is InChI=1S/C13H14ClN3O2/c1-17-12(18)7-11(16-17)10(13(15)19)6-8-2-4-9(14)5-3-8/h2-5,7,10,18H,6H2,1H3,(H2,15,19). The first-order valence-electron chi connectivity index (χ1n) is 5.74. The van der Waals surface area contributed by atoms with Gasteiger partial charge in [0.2, 0.25) is 11.8 Å². The van der Waals surface area contributed by atoms with E-state index < -0.39 is 11.8 Å². The quantitative estimate of drug-likeness (QED) is 0.892. The van der Waals surface area contributed by atoms with Crippen LogP contribution < -0.4 is 5.73 Å². The molecule has 5 nitrogen and oxygen atoms in total. The normalized spacial score (nSPS) is 12.3. The second kappa shape index (κ2) is 5.32. The van der Waals surface area contributed by atoms with Gasteiger partial charge in [0.1, 0.15) is 0 Å². The second-order valence-corrected chi connectivity index (χ2v) is 4.77. The van der Waals surface area contributed by atoms with E-state index in [1.165, 1.54) is 10.7 Å². The number of hydrogen-bond acceptors (Lipinski definition) is 3. The van der Waals surface area contributed by atoms with Crippen molar-refractivity contribution in [1.82, 2.24) is 9.78 Å². The predicted octanol–water partition coefficient (Wildman–Crippen LogP) is 1.59. The SMILES string of the molecule is Cn1nc(C(Cc2ccc(Cl)cc2)C(N)=O)cc1O. The van der Waals surface area contributed by atoms with E-state index in [-0.39, 0.29) is 5.88 Å². The Morgan fingerprint density at radius 3 is 2.58 bits per heavy atom. The molecule has 1 heterocycles. The summed E-state index contributed by atoms with van der Waals surface area (Å²) in [6.45, 7) is 0. The Morgan fingerprint density at radius 1 is 1.47 bits per heavy atom. The lowest BCUT2D eigenvalue weighted by molar-refractivity contribution is -0.119. The van der Waals surface area contributed by atoms with Crippen LogP contribution in [0.5, 0.6) is 5.88 Å². The number of benzene rings is 1. The average Bonchev–Trinajstić information content (AvgIpc) is 2.68. The number of rotatable bonds is 4. The molecule has 100 valence electrons. The summed E-state index contributed by atoms with van der Waals surface area (Å²) in [6, 6.07) is 8.63. The molecule has 0 fully saturated rings. The molecular weight excluding hydrogens is 266 g/mol. The highest BCUT2D eigenvalue weighted by molar-refractivity contribution is 6.30. The number of aromatic hydroxyl groups is 1. The van der Waals surface area contributed by atoms with E-state index in [2.05, 4.69) is 5.10 Å². The van der Waals surface area contributed by atoms with E-state index in [0.717, 1.165) is 5.56 Å². The highest BCUT2D eigenvalue weighted by atomic mass is 35.5. The summed E-state index contributed by atoms with van der Waals surface area (Å²) in [6.07, 6.45) is 0.420. The van der Waals surface area contributed by atoms with Crippen LogP contribution in [0.1, 0.15) is 17.2 Å². The minimum atomic E-state index is -0.576. The van der Waals surface area contributed by atoms with Crippen LogP contribution in [-0.4, -0.2) is 20.8 Å². The van der Waals surface area contributed by atoms with Crippen molar-refractivity contribution in [3.8, 4) is 5.88 Å². The van der Waals surface area contributed by atoms with Gasteiger partial charge in [0.05, 0.1) is 11.6 Å². The van der Waals surface area contributed by atoms with Gasteiger partial charge in [-0.15, -0.1) is 0 Å². The van der Waals surface area contributed by atoms with E-state index in [9.17, 15) is 9.90 Å². The Labute approximate surface area is 115 Å². The van der Waals surface area contributed by atoms with Gasteiger partial charge in [-0.1, -0.05) is 23.7 Å². The largest absolute Gasteiger partial charge is 0.493 e. The number of nitrogens with zero attached hydrogens (tertiary/aromatic N) is 2. The fourth-order valence-corrected chi connectivity index (χ4v) is 1.98. The maximum absolute atomic E-state index is 11.6. The summed E-state index contributed by atoms with van der Waals surface area (Å²) in [5.74, 6) is -1.06. The lowest BCUT2D eigenvalue weighted by Gasteiger charge is -2.10. The number of carbonyl (C=O) groups is 1. The summed E-state index contributed by atoms with van der Waals surface area (Å²) >= 11 is 5.81. The van der Waals surface area contributed by atoms with Gasteiger partial charge in [-0.25, -0.2) is 4.68 Å². The first-order valence-corrected chi connectivity index (χ1v) is 6.12. The number of aryl methyl sites for hydroxylation is 1. The lowest BCUT2D eigenvalue weighted by Crippen LogP contribution is -2.23. The number of nitrogens with two attached hydrogens (primary N) is 1. The predicted molar refractivity (Wildman–Crippen MR) is 72.0 cm³/mol. The van der Waals surface area contributed by atoms with Gasteiger partial charge in [-0.05, 0) is 24.1 Å². The molecule has 1 atom stereocenters. The van der Waals surface area contributed by atoms with Crippen LogP contribution in [0.4, 0.5) is 0 Å². The number of halogens is 1. The van der Waals surface area contributed by atoms with Crippen molar-refractivity contribution in [3.05, 3.63) is 46.6 Å². The van der Waals surface area contributed by atoms with Crippen LogP contribution in [0.2, 0.25) is 5.02 Å². The van der Waals surface area contributed by atoms with Gasteiger partial charge >= 0.3 is 0 Å². The third kappa shape index (κ3) is 3.06. The molecule has 0 bridgehead atoms. The number of hydrogen-bond donors (Lipinski definition) is 2. The van der Waals surface area contributed by atoms with Crippen molar-refractivity contribution in [3.63, 3.8) is 0 Å². The zero-order chi connectivity index (χ0) is 14.0. The van der Waals surface area contributed by atoms with Crippen LogP contribution in [0.25, 0.3) is 0 Å². The third-order valence-corrected chi connectivity index (χ3v) is 3.18. The summed E-state index contributed by atoms with van der Waals surface area (Å²) in [5.41, 5.74) is 6.80. The van der Waals surface area contributed by atoms with E-state index in [1.54, 1.807) is 19.2 Å². The average molecular weight is 280 g/mol. The highest BCUT2D eigenvalue weighted by Gasteiger charge is 2.22. The van der Waals surface area contributed by atoms with Crippen molar-refractivity contribution < 1.29 is 9.90 Å².